The zero-order valence-corrected chi connectivity index (χ0v) is 11.7. The van der Waals surface area contributed by atoms with Crippen molar-refractivity contribution in [2.75, 3.05) is 0 Å². The van der Waals surface area contributed by atoms with Crippen LogP contribution in [0.25, 0.3) is 16.5 Å². The lowest BCUT2D eigenvalue weighted by molar-refractivity contribution is 0.357. The van der Waals surface area contributed by atoms with Gasteiger partial charge in [0.1, 0.15) is 0 Å². The fourth-order valence-electron chi connectivity index (χ4n) is 2.23. The van der Waals surface area contributed by atoms with E-state index in [-0.39, 0.29) is 5.43 Å². The second kappa shape index (κ2) is 4.79. The molecule has 4 rings (SSSR count). The molecule has 0 aliphatic rings. The highest BCUT2D eigenvalue weighted by molar-refractivity contribution is 7.99. The molecule has 2 aromatic heterocycles. The number of para-hydroxylation sites is 1. The third kappa shape index (κ3) is 2.02. The third-order valence-corrected chi connectivity index (χ3v) is 4.23. The largest absolute Gasteiger partial charge is 0.357 e. The lowest BCUT2D eigenvalue weighted by Crippen LogP contribution is -2.06. The van der Waals surface area contributed by atoms with Crippen molar-refractivity contribution in [1.29, 1.82) is 0 Å². The van der Waals surface area contributed by atoms with Crippen LogP contribution in [0.3, 0.4) is 0 Å². The summed E-state index contributed by atoms with van der Waals surface area (Å²) in [5.74, 6) is 0. The number of nitrogens with zero attached hydrogens (tertiary/aromatic N) is 2. The Morgan fingerprint density at radius 3 is 2.62 bits per heavy atom. The van der Waals surface area contributed by atoms with Gasteiger partial charge in [-0.2, -0.15) is 0 Å². The van der Waals surface area contributed by atoms with Crippen LogP contribution in [0.2, 0.25) is 0 Å². The van der Waals surface area contributed by atoms with Gasteiger partial charge in [0.15, 0.2) is 11.1 Å². The van der Waals surface area contributed by atoms with Crippen LogP contribution in [0, 0.1) is 0 Å². The van der Waals surface area contributed by atoms with E-state index in [1.807, 2.05) is 42.5 Å². The molecule has 0 saturated carbocycles. The molecule has 4 aromatic rings. The lowest BCUT2D eigenvalue weighted by Gasteiger charge is -2.00. The van der Waals surface area contributed by atoms with Crippen molar-refractivity contribution in [3.05, 3.63) is 71.0 Å². The van der Waals surface area contributed by atoms with Gasteiger partial charge in [-0.1, -0.05) is 46.8 Å². The maximum atomic E-state index is 12.6. The van der Waals surface area contributed by atoms with E-state index >= 15 is 0 Å². The predicted molar refractivity (Wildman–Crippen MR) is 81.8 cm³/mol. The van der Waals surface area contributed by atoms with Crippen molar-refractivity contribution in [1.82, 2.24) is 9.79 Å². The van der Waals surface area contributed by atoms with Gasteiger partial charge in [0.2, 0.25) is 5.43 Å². The maximum Gasteiger partial charge on any atom is 0.219 e. The number of rotatable bonds is 2. The topological polar surface area (TPSA) is 47.5 Å². The molecule has 0 amide bonds. The van der Waals surface area contributed by atoms with Gasteiger partial charge in [-0.05, 0) is 24.3 Å². The molecule has 2 aromatic carbocycles. The monoisotopic (exact) mass is 294 g/mol. The molecule has 0 saturated heterocycles. The second-order valence-electron chi connectivity index (χ2n) is 4.56. The summed E-state index contributed by atoms with van der Waals surface area (Å²) in [6.45, 7) is 0. The minimum absolute atomic E-state index is 0.0622. The molecule has 5 heteroatoms. The number of aromatic nitrogens is 2. The number of fused-ring (bicyclic) bond motifs is 2. The van der Waals surface area contributed by atoms with Crippen LogP contribution in [0.15, 0.2) is 79.9 Å². The molecular weight excluding hydrogens is 284 g/mol. The first-order valence-corrected chi connectivity index (χ1v) is 7.27. The Kier molecular flexibility index (Phi) is 2.79. The van der Waals surface area contributed by atoms with E-state index in [2.05, 4.69) is 5.10 Å². The fourth-order valence-corrected chi connectivity index (χ4v) is 3.15. The zero-order chi connectivity index (χ0) is 14.2. The van der Waals surface area contributed by atoms with Crippen molar-refractivity contribution in [3.63, 3.8) is 0 Å². The zero-order valence-electron chi connectivity index (χ0n) is 10.9. The Hall–Kier alpha value is -2.53. The highest BCUT2D eigenvalue weighted by atomic mass is 32.2. The molecule has 0 fully saturated rings. The van der Waals surface area contributed by atoms with Crippen molar-refractivity contribution < 1.29 is 4.52 Å². The highest BCUT2D eigenvalue weighted by Crippen LogP contribution is 2.30. The van der Waals surface area contributed by atoms with Crippen LogP contribution in [0.4, 0.5) is 0 Å². The molecule has 0 radical (unpaired) electrons. The molecule has 0 atom stereocenters. The summed E-state index contributed by atoms with van der Waals surface area (Å²) in [4.78, 5) is 14.5. The van der Waals surface area contributed by atoms with Crippen molar-refractivity contribution in [2.45, 2.75) is 9.79 Å². The van der Waals surface area contributed by atoms with Gasteiger partial charge in [0.05, 0.1) is 16.5 Å². The summed E-state index contributed by atoms with van der Waals surface area (Å²) in [7, 11) is 0. The number of hydrogen-bond donors (Lipinski definition) is 0. The third-order valence-electron chi connectivity index (χ3n) is 3.21. The summed E-state index contributed by atoms with van der Waals surface area (Å²) < 4.78 is 6.94. The van der Waals surface area contributed by atoms with Gasteiger partial charge in [-0.3, -0.25) is 4.79 Å². The lowest BCUT2D eigenvalue weighted by atomic mass is 10.2. The van der Waals surface area contributed by atoms with E-state index in [4.69, 9.17) is 4.52 Å². The van der Waals surface area contributed by atoms with Crippen LogP contribution in [-0.2, 0) is 0 Å². The maximum absolute atomic E-state index is 12.6. The quantitative estimate of drug-likeness (QED) is 0.567. The minimum Gasteiger partial charge on any atom is -0.357 e. The Labute approximate surface area is 124 Å². The van der Waals surface area contributed by atoms with Crippen LogP contribution in [0.1, 0.15) is 0 Å². The van der Waals surface area contributed by atoms with E-state index in [1.54, 1.807) is 18.3 Å². The predicted octanol–water partition coefficient (Wildman–Crippen LogP) is 3.59. The molecule has 21 heavy (non-hydrogen) atoms. The molecular formula is C16H10N2O2S. The molecule has 2 heterocycles. The van der Waals surface area contributed by atoms with Gasteiger partial charge in [0, 0.05) is 4.90 Å². The van der Waals surface area contributed by atoms with Gasteiger partial charge in [-0.15, -0.1) is 5.10 Å². The normalized spacial score (nSPS) is 11.2. The first kappa shape index (κ1) is 12.2. The minimum atomic E-state index is -0.0622. The van der Waals surface area contributed by atoms with Crippen LogP contribution in [0.5, 0.6) is 0 Å². The first-order chi connectivity index (χ1) is 10.3. The van der Waals surface area contributed by atoms with Crippen LogP contribution in [-0.4, -0.2) is 9.79 Å². The van der Waals surface area contributed by atoms with E-state index in [0.717, 1.165) is 9.79 Å². The van der Waals surface area contributed by atoms with Crippen molar-refractivity contribution >= 4 is 28.2 Å². The van der Waals surface area contributed by atoms with Gasteiger partial charge in [0.25, 0.3) is 0 Å². The highest BCUT2D eigenvalue weighted by Gasteiger charge is 2.14. The van der Waals surface area contributed by atoms with Crippen molar-refractivity contribution in [2.24, 2.45) is 0 Å². The number of hydrogen-bond acceptors (Lipinski definition) is 4. The van der Waals surface area contributed by atoms with Gasteiger partial charge >= 0.3 is 0 Å². The van der Waals surface area contributed by atoms with E-state index in [9.17, 15) is 4.79 Å². The summed E-state index contributed by atoms with van der Waals surface area (Å²) in [5.41, 5.74) is 0.949. The van der Waals surface area contributed by atoms with Crippen LogP contribution >= 0.6 is 11.8 Å². The molecule has 102 valence electrons. The fraction of sp³-hybridized carbons (Fsp3) is 0. The Morgan fingerprint density at radius 2 is 1.76 bits per heavy atom. The van der Waals surface area contributed by atoms with Gasteiger partial charge < -0.3 is 4.52 Å². The molecule has 0 unspecified atom stereocenters. The average Bonchev–Trinajstić information content (AvgIpc) is 2.92. The summed E-state index contributed by atoms with van der Waals surface area (Å²) in [6.07, 6.45) is 1.66. The molecule has 0 aliphatic carbocycles. The summed E-state index contributed by atoms with van der Waals surface area (Å²) >= 11 is 1.50. The molecule has 0 spiro atoms. The van der Waals surface area contributed by atoms with E-state index in [1.165, 1.54) is 16.4 Å². The first-order valence-electron chi connectivity index (χ1n) is 6.46. The van der Waals surface area contributed by atoms with E-state index in [0.29, 0.717) is 16.5 Å². The molecule has 0 bridgehead atoms. The average molecular weight is 294 g/mol. The molecule has 4 nitrogen and oxygen atoms in total. The second-order valence-corrected chi connectivity index (χ2v) is 5.68. The number of benzene rings is 2. The molecule has 0 aliphatic heterocycles. The Balaban J connectivity index is 1.95. The standard InChI is InChI=1S/C16H10N2O2S/c19-16-12-8-4-5-9-13(12)20-18-15(16)14(10-17-18)21-11-6-2-1-3-7-11/h1-10H. The van der Waals surface area contributed by atoms with Gasteiger partial charge in [-0.25, -0.2) is 0 Å². The Bertz CT molecular complexity index is 989. The molecule has 0 N–H and O–H groups in total. The summed E-state index contributed by atoms with van der Waals surface area (Å²) in [6, 6.07) is 17.1. The van der Waals surface area contributed by atoms with Crippen molar-refractivity contribution in [3.8, 4) is 0 Å². The Morgan fingerprint density at radius 1 is 1.00 bits per heavy atom. The van der Waals surface area contributed by atoms with Crippen LogP contribution < -0.4 is 5.43 Å². The SMILES string of the molecule is O=c1c2ccccc2on2ncc(Sc3ccccc3)c12. The smallest absolute Gasteiger partial charge is 0.219 e. The summed E-state index contributed by atoms with van der Waals surface area (Å²) in [5, 5.41) is 4.72. The van der Waals surface area contributed by atoms with E-state index < -0.39 is 0 Å².